The first-order chi connectivity index (χ1) is 8.33. The molecule has 0 aliphatic carbocycles. The van der Waals surface area contributed by atoms with Crippen LogP contribution in [0.2, 0.25) is 0 Å². The Hall–Kier alpha value is -1.04. The lowest BCUT2D eigenvalue weighted by Gasteiger charge is -2.06. The monoisotopic (exact) mass is 239 g/mol. The zero-order chi connectivity index (χ0) is 12.3. The van der Waals surface area contributed by atoms with Gasteiger partial charge in [0.25, 0.3) is 0 Å². The minimum atomic E-state index is 0.716. The molecule has 17 heavy (non-hydrogen) atoms. The van der Waals surface area contributed by atoms with Crippen LogP contribution in [-0.4, -0.2) is 43.4 Å². The van der Waals surface area contributed by atoms with Crippen molar-refractivity contribution < 1.29 is 9.47 Å². The number of aryl methyl sites for hydroxylation is 1. The summed E-state index contributed by atoms with van der Waals surface area (Å²) in [6.45, 7) is 5.70. The fourth-order valence-electron chi connectivity index (χ4n) is 1.37. The third-order valence-electron chi connectivity index (χ3n) is 2.20. The molecule has 0 unspecified atom stereocenters. The number of hydrogen-bond acceptors (Lipinski definition) is 5. The lowest BCUT2D eigenvalue weighted by Crippen LogP contribution is -2.20. The molecule has 0 bridgehead atoms. The maximum Gasteiger partial charge on any atom is 0.125 e. The van der Waals surface area contributed by atoms with Gasteiger partial charge in [-0.3, -0.25) is 0 Å². The van der Waals surface area contributed by atoms with E-state index in [0.29, 0.717) is 6.61 Å². The summed E-state index contributed by atoms with van der Waals surface area (Å²) < 4.78 is 10.4. The second kappa shape index (κ2) is 9.04. The lowest BCUT2D eigenvalue weighted by molar-refractivity contribution is 0.104. The van der Waals surface area contributed by atoms with Gasteiger partial charge >= 0.3 is 0 Å². The molecule has 0 saturated carbocycles. The Kier molecular flexibility index (Phi) is 7.46. The number of rotatable bonds is 9. The van der Waals surface area contributed by atoms with Crippen LogP contribution in [-0.2, 0) is 16.0 Å². The summed E-state index contributed by atoms with van der Waals surface area (Å²) in [5.74, 6) is 0.806. The highest BCUT2D eigenvalue weighted by Crippen LogP contribution is 1.93. The lowest BCUT2D eigenvalue weighted by atomic mass is 10.4. The molecule has 0 spiro atoms. The predicted octanol–water partition coefficient (Wildman–Crippen LogP) is 0.928. The molecular weight excluding hydrogens is 218 g/mol. The highest BCUT2D eigenvalue weighted by Gasteiger charge is 1.95. The zero-order valence-electron chi connectivity index (χ0n) is 10.6. The molecule has 0 aliphatic rings. The van der Waals surface area contributed by atoms with Gasteiger partial charge in [0, 0.05) is 39.6 Å². The topological polar surface area (TPSA) is 56.3 Å². The predicted molar refractivity (Wildman–Crippen MR) is 65.8 cm³/mol. The highest BCUT2D eigenvalue weighted by atomic mass is 16.5. The van der Waals surface area contributed by atoms with Gasteiger partial charge in [-0.25, -0.2) is 9.97 Å². The molecular formula is C12H21N3O2. The van der Waals surface area contributed by atoms with Crippen LogP contribution in [0.5, 0.6) is 0 Å². The fraction of sp³-hybridized carbons (Fsp3) is 0.667. The number of nitrogens with zero attached hydrogens (tertiary/aromatic N) is 2. The summed E-state index contributed by atoms with van der Waals surface area (Å²) in [6.07, 6.45) is 2.72. The first kappa shape index (κ1) is 14.0. The smallest absolute Gasteiger partial charge is 0.125 e. The number of methoxy groups -OCH3 is 1. The molecule has 1 rings (SSSR count). The number of nitrogens with one attached hydrogen (secondary N) is 1. The Balaban J connectivity index is 1.97. The quantitative estimate of drug-likeness (QED) is 0.650. The standard InChI is InChI=1S/C12H21N3O2/c1-11-14-5-4-12(15-11)10-13-6-9-17-8-3-7-16-2/h4-5,13H,3,6-10H2,1-2H3. The molecule has 5 heteroatoms. The first-order valence-electron chi connectivity index (χ1n) is 5.89. The summed E-state index contributed by atoms with van der Waals surface area (Å²) in [5.41, 5.74) is 1.01. The maximum atomic E-state index is 5.42. The van der Waals surface area contributed by atoms with Gasteiger partial charge in [-0.05, 0) is 19.4 Å². The van der Waals surface area contributed by atoms with Crippen LogP contribution in [0, 0.1) is 6.92 Å². The van der Waals surface area contributed by atoms with Crippen LogP contribution >= 0.6 is 0 Å². The van der Waals surface area contributed by atoms with Crippen molar-refractivity contribution in [2.24, 2.45) is 0 Å². The molecule has 0 fully saturated rings. The van der Waals surface area contributed by atoms with Crippen molar-refractivity contribution >= 4 is 0 Å². The molecule has 1 heterocycles. The van der Waals surface area contributed by atoms with Crippen molar-refractivity contribution in [1.82, 2.24) is 15.3 Å². The minimum absolute atomic E-state index is 0.716. The first-order valence-corrected chi connectivity index (χ1v) is 5.89. The summed E-state index contributed by atoms with van der Waals surface area (Å²) in [7, 11) is 1.70. The van der Waals surface area contributed by atoms with Gasteiger partial charge in [-0.1, -0.05) is 0 Å². The van der Waals surface area contributed by atoms with E-state index >= 15 is 0 Å². The van der Waals surface area contributed by atoms with Gasteiger partial charge in [0.2, 0.25) is 0 Å². The Morgan fingerprint density at radius 2 is 2.18 bits per heavy atom. The van der Waals surface area contributed by atoms with Crippen LogP contribution in [0.3, 0.4) is 0 Å². The minimum Gasteiger partial charge on any atom is -0.385 e. The average molecular weight is 239 g/mol. The Bertz CT molecular complexity index is 308. The molecule has 0 radical (unpaired) electrons. The summed E-state index contributed by atoms with van der Waals surface area (Å²) in [5, 5.41) is 3.27. The van der Waals surface area contributed by atoms with Gasteiger partial charge < -0.3 is 14.8 Å². The Labute approximate surface area is 103 Å². The number of hydrogen-bond donors (Lipinski definition) is 1. The molecule has 5 nitrogen and oxygen atoms in total. The summed E-state index contributed by atoms with van der Waals surface area (Å²) >= 11 is 0. The molecule has 1 aromatic rings. The zero-order valence-corrected chi connectivity index (χ0v) is 10.6. The van der Waals surface area contributed by atoms with Gasteiger partial charge in [0.1, 0.15) is 5.82 Å². The fourth-order valence-corrected chi connectivity index (χ4v) is 1.37. The van der Waals surface area contributed by atoms with E-state index in [1.165, 1.54) is 0 Å². The second-order valence-electron chi connectivity index (χ2n) is 3.73. The van der Waals surface area contributed by atoms with Gasteiger partial charge in [0.15, 0.2) is 0 Å². The molecule has 0 aliphatic heterocycles. The number of ether oxygens (including phenoxy) is 2. The van der Waals surface area contributed by atoms with E-state index in [2.05, 4.69) is 15.3 Å². The van der Waals surface area contributed by atoms with E-state index < -0.39 is 0 Å². The van der Waals surface area contributed by atoms with Crippen molar-refractivity contribution in [1.29, 1.82) is 0 Å². The molecule has 1 N–H and O–H groups in total. The Morgan fingerprint density at radius 3 is 2.94 bits per heavy atom. The van der Waals surface area contributed by atoms with Crippen molar-refractivity contribution in [3.8, 4) is 0 Å². The average Bonchev–Trinajstić information content (AvgIpc) is 2.33. The van der Waals surface area contributed by atoms with Crippen LogP contribution in [0.4, 0.5) is 0 Å². The van der Waals surface area contributed by atoms with Crippen molar-refractivity contribution in [3.63, 3.8) is 0 Å². The molecule has 96 valence electrons. The van der Waals surface area contributed by atoms with Crippen LogP contribution in [0.15, 0.2) is 12.3 Å². The molecule has 0 saturated heterocycles. The third kappa shape index (κ3) is 6.99. The van der Waals surface area contributed by atoms with E-state index in [0.717, 1.165) is 44.2 Å². The van der Waals surface area contributed by atoms with Crippen LogP contribution < -0.4 is 5.32 Å². The van der Waals surface area contributed by atoms with Crippen LogP contribution in [0.25, 0.3) is 0 Å². The van der Waals surface area contributed by atoms with Crippen molar-refractivity contribution in [2.75, 3.05) is 33.5 Å². The van der Waals surface area contributed by atoms with E-state index in [9.17, 15) is 0 Å². The van der Waals surface area contributed by atoms with Crippen molar-refractivity contribution in [2.45, 2.75) is 19.9 Å². The Morgan fingerprint density at radius 1 is 1.29 bits per heavy atom. The van der Waals surface area contributed by atoms with E-state index in [1.807, 2.05) is 13.0 Å². The van der Waals surface area contributed by atoms with Gasteiger partial charge in [-0.15, -0.1) is 0 Å². The second-order valence-corrected chi connectivity index (χ2v) is 3.73. The molecule has 0 amide bonds. The third-order valence-corrected chi connectivity index (χ3v) is 2.20. The van der Waals surface area contributed by atoms with Gasteiger partial charge in [-0.2, -0.15) is 0 Å². The molecule has 0 aromatic carbocycles. The van der Waals surface area contributed by atoms with Gasteiger partial charge in [0.05, 0.1) is 12.3 Å². The van der Waals surface area contributed by atoms with E-state index in [-0.39, 0.29) is 0 Å². The summed E-state index contributed by atoms with van der Waals surface area (Å²) in [4.78, 5) is 8.35. The van der Waals surface area contributed by atoms with E-state index in [4.69, 9.17) is 9.47 Å². The largest absolute Gasteiger partial charge is 0.385 e. The van der Waals surface area contributed by atoms with E-state index in [1.54, 1.807) is 13.3 Å². The molecule has 0 atom stereocenters. The SMILES string of the molecule is COCCCOCCNCc1ccnc(C)n1. The number of aromatic nitrogens is 2. The molecule has 1 aromatic heterocycles. The normalized spacial score (nSPS) is 10.7. The summed E-state index contributed by atoms with van der Waals surface area (Å²) in [6, 6.07) is 1.92. The van der Waals surface area contributed by atoms with Crippen LogP contribution in [0.1, 0.15) is 17.9 Å². The highest BCUT2D eigenvalue weighted by molar-refractivity contribution is 5.00. The van der Waals surface area contributed by atoms with Crippen molar-refractivity contribution in [3.05, 3.63) is 23.8 Å². The maximum absolute atomic E-state index is 5.42.